The number of aromatic nitrogens is 5. The molecule has 1 atom stereocenters. The standard InChI is InChI=1S/C24H30Cl2N8O3/c1-13-18(25)19(26)20(28-13)22(35)29-16-8-7-15(21-30-32-33-31-21)10-17(16)34-9-5-6-14(12-34)11-27-23(36)37-24(2,3)4/h7-8,10,14,28H,5-6,9,11-12H2,1-4H3,(H,27,36)(H,29,35)(H,30,31,32,33). The van der Waals surface area contributed by atoms with E-state index >= 15 is 0 Å². The molecule has 2 amide bonds. The quantitative estimate of drug-likeness (QED) is 0.346. The number of hydrogen-bond acceptors (Lipinski definition) is 7. The number of carbonyl (C=O) groups excluding carboxylic acids is 2. The zero-order valence-electron chi connectivity index (χ0n) is 21.1. The van der Waals surface area contributed by atoms with E-state index in [0.717, 1.165) is 30.6 Å². The Morgan fingerprint density at radius 3 is 2.68 bits per heavy atom. The van der Waals surface area contributed by atoms with Crippen molar-refractivity contribution in [3.05, 3.63) is 39.6 Å². The number of benzene rings is 1. The Bertz CT molecular complexity index is 1270. The number of anilines is 2. The smallest absolute Gasteiger partial charge is 0.407 e. The summed E-state index contributed by atoms with van der Waals surface area (Å²) in [6.07, 6.45) is 1.43. The van der Waals surface area contributed by atoms with Gasteiger partial charge >= 0.3 is 6.09 Å². The van der Waals surface area contributed by atoms with E-state index in [1.807, 2.05) is 32.9 Å². The van der Waals surface area contributed by atoms with Crippen molar-refractivity contribution in [2.45, 2.75) is 46.1 Å². The maximum Gasteiger partial charge on any atom is 0.407 e. The van der Waals surface area contributed by atoms with E-state index in [0.29, 0.717) is 35.3 Å². The van der Waals surface area contributed by atoms with Crippen LogP contribution in [0.3, 0.4) is 0 Å². The third kappa shape index (κ3) is 6.53. The van der Waals surface area contributed by atoms with Crippen molar-refractivity contribution in [2.24, 2.45) is 5.92 Å². The van der Waals surface area contributed by atoms with E-state index in [1.54, 1.807) is 13.0 Å². The number of amides is 2. The average molecular weight is 549 g/mol. The highest BCUT2D eigenvalue weighted by atomic mass is 35.5. The molecular formula is C24H30Cl2N8O3. The van der Waals surface area contributed by atoms with Crippen LogP contribution in [0.25, 0.3) is 11.4 Å². The minimum atomic E-state index is -0.559. The van der Waals surface area contributed by atoms with Gasteiger partial charge in [0.1, 0.15) is 11.3 Å². The Kier molecular flexibility index (Phi) is 7.93. The second kappa shape index (κ2) is 11.0. The number of carbonyl (C=O) groups is 2. The van der Waals surface area contributed by atoms with Gasteiger partial charge in [-0.2, -0.15) is 0 Å². The summed E-state index contributed by atoms with van der Waals surface area (Å²) in [6.45, 7) is 9.17. The molecule has 1 fully saturated rings. The van der Waals surface area contributed by atoms with E-state index in [-0.39, 0.29) is 16.6 Å². The molecule has 4 N–H and O–H groups in total. The summed E-state index contributed by atoms with van der Waals surface area (Å²) in [5, 5.41) is 20.4. The molecule has 198 valence electrons. The highest BCUT2D eigenvalue weighted by Crippen LogP contribution is 2.35. The van der Waals surface area contributed by atoms with Crippen molar-refractivity contribution in [1.82, 2.24) is 30.9 Å². The van der Waals surface area contributed by atoms with Crippen LogP contribution in [0.2, 0.25) is 10.0 Å². The number of aryl methyl sites for hydroxylation is 1. The Morgan fingerprint density at radius 2 is 2.03 bits per heavy atom. The Balaban J connectivity index is 1.56. The highest BCUT2D eigenvalue weighted by molar-refractivity contribution is 6.44. The summed E-state index contributed by atoms with van der Waals surface area (Å²) in [4.78, 5) is 30.4. The fourth-order valence-electron chi connectivity index (χ4n) is 4.23. The number of nitrogens with one attached hydrogen (secondary N) is 4. The number of aromatic amines is 2. The average Bonchev–Trinajstić information content (AvgIpc) is 3.47. The molecule has 0 aliphatic carbocycles. The van der Waals surface area contributed by atoms with Crippen LogP contribution in [-0.4, -0.2) is 62.8 Å². The van der Waals surface area contributed by atoms with Gasteiger partial charge in [0, 0.05) is 30.9 Å². The maximum atomic E-state index is 13.1. The maximum absolute atomic E-state index is 13.1. The lowest BCUT2D eigenvalue weighted by atomic mass is 9.97. The number of ether oxygens (including phenoxy) is 1. The molecule has 4 rings (SSSR count). The van der Waals surface area contributed by atoms with Crippen molar-refractivity contribution in [1.29, 1.82) is 0 Å². The number of H-pyrrole nitrogens is 2. The molecule has 0 bridgehead atoms. The molecule has 1 unspecified atom stereocenters. The number of rotatable bonds is 6. The molecule has 37 heavy (non-hydrogen) atoms. The van der Waals surface area contributed by atoms with Crippen molar-refractivity contribution < 1.29 is 14.3 Å². The van der Waals surface area contributed by atoms with Gasteiger partial charge in [0.15, 0.2) is 5.82 Å². The van der Waals surface area contributed by atoms with Crippen molar-refractivity contribution in [2.75, 3.05) is 29.9 Å². The molecule has 3 heterocycles. The van der Waals surface area contributed by atoms with E-state index in [4.69, 9.17) is 27.9 Å². The third-order valence-electron chi connectivity index (χ3n) is 5.94. The first-order valence-corrected chi connectivity index (χ1v) is 12.7. The lowest BCUT2D eigenvalue weighted by Crippen LogP contribution is -2.42. The molecule has 0 spiro atoms. The predicted molar refractivity (Wildman–Crippen MR) is 142 cm³/mol. The molecule has 1 aromatic carbocycles. The molecule has 3 aromatic rings. The normalized spacial score (nSPS) is 15.9. The van der Waals surface area contributed by atoms with Gasteiger partial charge in [-0.3, -0.25) is 4.79 Å². The molecular weight excluding hydrogens is 519 g/mol. The summed E-state index contributed by atoms with van der Waals surface area (Å²) in [7, 11) is 0. The van der Waals surface area contributed by atoms with Gasteiger partial charge in [-0.15, -0.1) is 5.10 Å². The predicted octanol–water partition coefficient (Wildman–Crippen LogP) is 4.80. The third-order valence-corrected chi connectivity index (χ3v) is 6.89. The minimum absolute atomic E-state index is 0.175. The van der Waals surface area contributed by atoms with Crippen LogP contribution in [0.5, 0.6) is 0 Å². The van der Waals surface area contributed by atoms with Crippen LogP contribution in [0, 0.1) is 12.8 Å². The molecule has 11 nitrogen and oxygen atoms in total. The van der Waals surface area contributed by atoms with Crippen molar-refractivity contribution in [3.8, 4) is 11.4 Å². The van der Waals surface area contributed by atoms with Gasteiger partial charge in [0.25, 0.3) is 5.91 Å². The van der Waals surface area contributed by atoms with Crippen molar-refractivity contribution in [3.63, 3.8) is 0 Å². The van der Waals surface area contributed by atoms with E-state index in [9.17, 15) is 9.59 Å². The van der Waals surface area contributed by atoms with Crippen LogP contribution in [0.1, 0.15) is 49.8 Å². The van der Waals surface area contributed by atoms with Gasteiger partial charge in [0.05, 0.1) is 21.4 Å². The van der Waals surface area contributed by atoms with Gasteiger partial charge in [-0.1, -0.05) is 23.2 Å². The minimum Gasteiger partial charge on any atom is -0.444 e. The summed E-state index contributed by atoms with van der Waals surface area (Å²) < 4.78 is 5.37. The topological polar surface area (TPSA) is 141 Å². The van der Waals surface area contributed by atoms with Crippen LogP contribution >= 0.6 is 23.2 Å². The first-order valence-electron chi connectivity index (χ1n) is 12.0. The summed E-state index contributed by atoms with van der Waals surface area (Å²) in [6, 6.07) is 5.55. The molecule has 1 aliphatic rings. The van der Waals surface area contributed by atoms with Crippen molar-refractivity contribution >= 4 is 46.6 Å². The number of piperidine rings is 1. The van der Waals surface area contributed by atoms with Gasteiger partial charge in [-0.25, -0.2) is 9.89 Å². The van der Waals surface area contributed by atoms with E-state index in [1.165, 1.54) is 0 Å². The summed E-state index contributed by atoms with van der Waals surface area (Å²) in [5.41, 5.74) is 2.41. The Morgan fingerprint density at radius 1 is 1.24 bits per heavy atom. The molecule has 1 aliphatic heterocycles. The summed E-state index contributed by atoms with van der Waals surface area (Å²) >= 11 is 12.4. The SMILES string of the molecule is Cc1[nH]c(C(=O)Nc2ccc(-c3nnn[nH]3)cc2N2CCCC(CNC(=O)OC(C)(C)C)C2)c(Cl)c1Cl. The van der Waals surface area contributed by atoms with Crippen LogP contribution in [-0.2, 0) is 4.74 Å². The van der Waals surface area contributed by atoms with Crippen LogP contribution < -0.4 is 15.5 Å². The number of tetrazole rings is 1. The largest absolute Gasteiger partial charge is 0.444 e. The van der Waals surface area contributed by atoms with Gasteiger partial charge in [0.2, 0.25) is 0 Å². The summed E-state index contributed by atoms with van der Waals surface area (Å²) in [5.74, 6) is 0.296. The fraction of sp³-hybridized carbons (Fsp3) is 0.458. The fourth-order valence-corrected chi connectivity index (χ4v) is 4.65. The van der Waals surface area contributed by atoms with E-state index in [2.05, 4.69) is 41.1 Å². The second-order valence-corrected chi connectivity index (χ2v) is 10.8. The lowest BCUT2D eigenvalue weighted by Gasteiger charge is -2.36. The number of halogens is 2. The van der Waals surface area contributed by atoms with Crippen LogP contribution in [0.4, 0.5) is 16.2 Å². The molecule has 1 saturated heterocycles. The highest BCUT2D eigenvalue weighted by Gasteiger charge is 2.26. The monoisotopic (exact) mass is 548 g/mol. The Labute approximate surface area is 224 Å². The second-order valence-electron chi connectivity index (χ2n) is 10.0. The molecule has 2 aromatic heterocycles. The van der Waals surface area contributed by atoms with Crippen LogP contribution in [0.15, 0.2) is 18.2 Å². The Hall–Kier alpha value is -3.31. The number of alkyl carbamates (subject to hydrolysis) is 1. The molecule has 13 heteroatoms. The molecule has 0 radical (unpaired) electrons. The number of nitrogens with zero attached hydrogens (tertiary/aromatic N) is 4. The zero-order valence-corrected chi connectivity index (χ0v) is 22.6. The van der Waals surface area contributed by atoms with Gasteiger partial charge < -0.3 is 25.3 Å². The van der Waals surface area contributed by atoms with E-state index < -0.39 is 17.6 Å². The molecule has 0 saturated carbocycles. The first-order chi connectivity index (χ1) is 17.5. The van der Waals surface area contributed by atoms with Gasteiger partial charge in [-0.05, 0) is 75.1 Å². The zero-order chi connectivity index (χ0) is 26.7. The number of hydrogen-bond donors (Lipinski definition) is 4. The lowest BCUT2D eigenvalue weighted by molar-refractivity contribution is 0.0517. The first kappa shape index (κ1) is 26.7.